The van der Waals surface area contributed by atoms with Crippen molar-refractivity contribution in [3.05, 3.63) is 42.0 Å². The summed E-state index contributed by atoms with van der Waals surface area (Å²) in [5.41, 5.74) is 15.8. The summed E-state index contributed by atoms with van der Waals surface area (Å²) in [4.78, 5) is 17.4. The summed E-state index contributed by atoms with van der Waals surface area (Å²) >= 11 is 0. The maximum Gasteiger partial charge on any atom is 0.214 e. The van der Waals surface area contributed by atoms with Crippen LogP contribution in [-0.4, -0.2) is 52.1 Å². The third-order valence-electron chi connectivity index (χ3n) is 6.89. The molecule has 0 aliphatic carbocycles. The van der Waals surface area contributed by atoms with Crippen LogP contribution in [0.25, 0.3) is 11.4 Å². The highest BCUT2D eigenvalue weighted by molar-refractivity contribution is 6.09. The number of nitrogens with two attached hydrogens (primary N) is 2. The Hall–Kier alpha value is -3.53. The summed E-state index contributed by atoms with van der Waals surface area (Å²) < 4.78 is 4.87. The molecule has 3 aromatic rings. The fourth-order valence-corrected chi connectivity index (χ4v) is 4.60. The van der Waals surface area contributed by atoms with Crippen molar-refractivity contribution in [2.24, 2.45) is 11.1 Å². The van der Waals surface area contributed by atoms with E-state index in [4.69, 9.17) is 21.4 Å². The van der Waals surface area contributed by atoms with Crippen molar-refractivity contribution < 1.29 is 4.52 Å². The van der Waals surface area contributed by atoms with Crippen molar-refractivity contribution in [1.82, 2.24) is 20.1 Å². The monoisotopic (exact) mass is 447 g/mol. The number of amidine groups is 1. The topological polar surface area (TPSA) is 147 Å². The summed E-state index contributed by atoms with van der Waals surface area (Å²) in [5, 5.41) is 12.8. The van der Waals surface area contributed by atoms with Gasteiger partial charge in [-0.05, 0) is 61.4 Å². The lowest BCUT2D eigenvalue weighted by atomic mass is 9.80. The molecule has 0 atom stereocenters. The van der Waals surface area contributed by atoms with E-state index in [1.165, 1.54) is 6.39 Å². The highest BCUT2D eigenvalue weighted by atomic mass is 16.5. The smallest absolute Gasteiger partial charge is 0.214 e. The highest BCUT2D eigenvalue weighted by Crippen LogP contribution is 2.33. The minimum atomic E-state index is 0.183. The molecule has 0 saturated carbocycles. The average molecular weight is 448 g/mol. The number of benzene rings is 1. The van der Waals surface area contributed by atoms with Crippen LogP contribution in [0.1, 0.15) is 37.4 Å². The number of piperidine rings is 1. The van der Waals surface area contributed by atoms with E-state index in [0.29, 0.717) is 18.1 Å². The van der Waals surface area contributed by atoms with Gasteiger partial charge in [0.2, 0.25) is 12.2 Å². The number of hydrogen-bond acceptors (Lipinski definition) is 9. The number of fused-ring (bicyclic) bond motifs is 1. The Labute approximate surface area is 192 Å². The van der Waals surface area contributed by atoms with Gasteiger partial charge in [0, 0.05) is 30.9 Å². The predicted molar refractivity (Wildman–Crippen MR) is 127 cm³/mol. The maximum atomic E-state index is 8.86. The van der Waals surface area contributed by atoms with Gasteiger partial charge >= 0.3 is 0 Å². The number of nitrogens with zero attached hydrogens (tertiary/aromatic N) is 6. The lowest BCUT2D eigenvalue weighted by Crippen LogP contribution is -2.42. The van der Waals surface area contributed by atoms with Crippen molar-refractivity contribution in [1.29, 1.82) is 5.41 Å². The number of rotatable bonds is 4. The van der Waals surface area contributed by atoms with Gasteiger partial charge < -0.3 is 25.8 Å². The first kappa shape index (κ1) is 21.3. The molecule has 2 aliphatic heterocycles. The third-order valence-corrected chi connectivity index (χ3v) is 6.89. The normalized spacial score (nSPS) is 17.6. The summed E-state index contributed by atoms with van der Waals surface area (Å²) in [6.07, 6.45) is 6.92. The van der Waals surface area contributed by atoms with E-state index in [1.54, 1.807) is 6.20 Å². The van der Waals surface area contributed by atoms with Gasteiger partial charge in [0.05, 0.1) is 6.20 Å². The van der Waals surface area contributed by atoms with E-state index in [0.717, 1.165) is 67.9 Å². The minimum absolute atomic E-state index is 0.183. The molecule has 1 saturated heterocycles. The van der Waals surface area contributed by atoms with Gasteiger partial charge in [0.25, 0.3) is 0 Å². The van der Waals surface area contributed by atoms with Crippen LogP contribution in [0, 0.1) is 10.8 Å². The Morgan fingerprint density at radius 1 is 1.21 bits per heavy atom. The van der Waals surface area contributed by atoms with Gasteiger partial charge in [-0.1, -0.05) is 12.1 Å². The van der Waals surface area contributed by atoms with E-state index in [-0.39, 0.29) is 17.1 Å². The third kappa shape index (κ3) is 4.02. The quantitative estimate of drug-likeness (QED) is 0.405. The second-order valence-corrected chi connectivity index (χ2v) is 9.17. The van der Waals surface area contributed by atoms with Crippen molar-refractivity contribution in [2.45, 2.75) is 32.6 Å². The SMILES string of the molecule is CC1(CN)CCN(c2cnc(C(=N)N3CCCc4cc(-c5ncon5)ccc43)c(N)n2)CC1. The second-order valence-electron chi connectivity index (χ2n) is 9.17. The van der Waals surface area contributed by atoms with Crippen molar-refractivity contribution in [3.63, 3.8) is 0 Å². The summed E-state index contributed by atoms with van der Waals surface area (Å²) in [7, 11) is 0. The maximum absolute atomic E-state index is 8.86. The Bertz CT molecular complexity index is 1150. The molecule has 0 amide bonds. The van der Waals surface area contributed by atoms with Crippen LogP contribution in [0.15, 0.2) is 35.3 Å². The van der Waals surface area contributed by atoms with E-state index in [1.807, 2.05) is 17.0 Å². The minimum Gasteiger partial charge on any atom is -0.382 e. The molecule has 0 radical (unpaired) electrons. The largest absolute Gasteiger partial charge is 0.382 e. The first-order valence-electron chi connectivity index (χ1n) is 11.3. The number of aromatic nitrogens is 4. The van der Waals surface area contributed by atoms with Crippen LogP contribution in [0.3, 0.4) is 0 Å². The average Bonchev–Trinajstić information content (AvgIpc) is 3.38. The molecule has 5 rings (SSSR count). The molecule has 33 heavy (non-hydrogen) atoms. The number of anilines is 3. The Morgan fingerprint density at radius 2 is 2.03 bits per heavy atom. The molecule has 4 heterocycles. The summed E-state index contributed by atoms with van der Waals surface area (Å²) in [6.45, 7) is 5.40. The van der Waals surface area contributed by atoms with Crippen LogP contribution in [0.5, 0.6) is 0 Å². The van der Waals surface area contributed by atoms with Gasteiger partial charge in [-0.25, -0.2) is 9.97 Å². The van der Waals surface area contributed by atoms with E-state index >= 15 is 0 Å². The van der Waals surface area contributed by atoms with Gasteiger partial charge in [-0.15, -0.1) is 0 Å². The summed E-state index contributed by atoms with van der Waals surface area (Å²) in [5.74, 6) is 1.85. The molecule has 0 spiro atoms. The molecule has 2 aromatic heterocycles. The van der Waals surface area contributed by atoms with Crippen LogP contribution in [0.2, 0.25) is 0 Å². The second kappa shape index (κ2) is 8.43. The summed E-state index contributed by atoms with van der Waals surface area (Å²) in [6, 6.07) is 6.00. The lowest BCUT2D eigenvalue weighted by Gasteiger charge is -2.39. The fraction of sp³-hybridized carbons (Fsp3) is 0.435. The van der Waals surface area contributed by atoms with Crippen molar-refractivity contribution in [3.8, 4) is 11.4 Å². The molecule has 172 valence electrons. The molecule has 10 nitrogen and oxygen atoms in total. The number of nitrogen functional groups attached to an aromatic ring is 1. The Kier molecular flexibility index (Phi) is 5.45. The molecule has 10 heteroatoms. The van der Waals surface area contributed by atoms with Crippen LogP contribution in [0.4, 0.5) is 17.3 Å². The van der Waals surface area contributed by atoms with Gasteiger partial charge in [-0.3, -0.25) is 5.41 Å². The van der Waals surface area contributed by atoms with Crippen molar-refractivity contribution in [2.75, 3.05) is 41.7 Å². The number of hydrogen-bond donors (Lipinski definition) is 3. The van der Waals surface area contributed by atoms with Crippen LogP contribution < -0.4 is 21.3 Å². The molecule has 2 aliphatic rings. The predicted octanol–water partition coefficient (Wildman–Crippen LogP) is 2.45. The van der Waals surface area contributed by atoms with Gasteiger partial charge in [-0.2, -0.15) is 4.98 Å². The molecule has 0 bridgehead atoms. The van der Waals surface area contributed by atoms with Gasteiger partial charge in [0.15, 0.2) is 11.7 Å². The van der Waals surface area contributed by atoms with Crippen LogP contribution >= 0.6 is 0 Å². The van der Waals surface area contributed by atoms with E-state index < -0.39 is 0 Å². The molecule has 5 N–H and O–H groups in total. The molecule has 0 unspecified atom stereocenters. The van der Waals surface area contributed by atoms with Gasteiger partial charge in [0.1, 0.15) is 11.5 Å². The molecule has 1 aromatic carbocycles. The molecule has 1 fully saturated rings. The van der Waals surface area contributed by atoms with E-state index in [9.17, 15) is 0 Å². The zero-order chi connectivity index (χ0) is 23.0. The first-order valence-corrected chi connectivity index (χ1v) is 11.3. The lowest BCUT2D eigenvalue weighted by molar-refractivity contribution is 0.258. The molecular weight excluding hydrogens is 418 g/mol. The Balaban J connectivity index is 1.36. The fourth-order valence-electron chi connectivity index (χ4n) is 4.60. The Morgan fingerprint density at radius 3 is 2.73 bits per heavy atom. The standard InChI is InChI=1S/C23H29N9O/c1-23(13-24)6-9-31(10-7-23)18-12-27-19(20(25)29-18)21(26)32-8-2-3-15-11-16(4-5-17(15)32)22-28-14-33-30-22/h4-5,11-12,14,26H,2-3,6-10,13,24H2,1H3,(H2,25,29). The number of nitrogens with one attached hydrogen (secondary N) is 1. The van der Waals surface area contributed by atoms with E-state index in [2.05, 4.69) is 38.0 Å². The zero-order valence-corrected chi connectivity index (χ0v) is 18.8. The first-order chi connectivity index (χ1) is 16.0. The zero-order valence-electron chi connectivity index (χ0n) is 18.8. The number of aryl methyl sites for hydroxylation is 1. The van der Waals surface area contributed by atoms with Crippen molar-refractivity contribution >= 4 is 23.2 Å². The van der Waals surface area contributed by atoms with Crippen LogP contribution in [-0.2, 0) is 6.42 Å². The molecular formula is C23H29N9O. The highest BCUT2D eigenvalue weighted by Gasteiger charge is 2.30.